The minimum Gasteiger partial charge on any atom is -0.410 e. The van der Waals surface area contributed by atoms with Gasteiger partial charge >= 0.3 is 6.09 Å². The van der Waals surface area contributed by atoms with Crippen LogP contribution in [0.1, 0.15) is 5.56 Å². The molecule has 0 fully saturated rings. The van der Waals surface area contributed by atoms with Crippen molar-refractivity contribution in [3.63, 3.8) is 0 Å². The number of ether oxygens (including phenoxy) is 1. The maximum Gasteiger partial charge on any atom is 0.419 e. The van der Waals surface area contributed by atoms with Crippen molar-refractivity contribution < 1.29 is 9.53 Å². The predicted molar refractivity (Wildman–Crippen MR) is 97.1 cm³/mol. The first-order valence-electron chi connectivity index (χ1n) is 7.64. The largest absolute Gasteiger partial charge is 0.419 e. The smallest absolute Gasteiger partial charge is 0.410 e. The van der Waals surface area contributed by atoms with Crippen molar-refractivity contribution in [2.75, 3.05) is 5.32 Å². The number of fused-ring (bicyclic) bond motifs is 1. The molecule has 0 radical (unpaired) electrons. The summed E-state index contributed by atoms with van der Waals surface area (Å²) in [5.41, 5.74) is 3.16. The Morgan fingerprint density at radius 3 is 2.64 bits per heavy atom. The maximum absolute atomic E-state index is 12.0. The first-order chi connectivity index (χ1) is 12.2. The number of rotatable bonds is 3. The number of anilines is 1. The fourth-order valence-corrected chi connectivity index (χ4v) is 3.20. The van der Waals surface area contributed by atoms with Gasteiger partial charge in [0.05, 0.1) is 5.69 Å². The first-order valence-corrected chi connectivity index (χ1v) is 8.52. The van der Waals surface area contributed by atoms with E-state index in [0.29, 0.717) is 10.7 Å². The van der Waals surface area contributed by atoms with Gasteiger partial charge < -0.3 is 4.74 Å². The van der Waals surface area contributed by atoms with Crippen molar-refractivity contribution >= 4 is 28.3 Å². The Labute approximate surface area is 147 Å². The molecule has 25 heavy (non-hydrogen) atoms. The summed E-state index contributed by atoms with van der Waals surface area (Å²) in [5.74, 6) is 0.669. The fourth-order valence-electron chi connectivity index (χ4n) is 2.37. The van der Waals surface area contributed by atoms with E-state index in [2.05, 4.69) is 15.4 Å². The minimum atomic E-state index is -0.624. The number of benzene rings is 2. The summed E-state index contributed by atoms with van der Waals surface area (Å²) in [7, 11) is 0. The van der Waals surface area contributed by atoms with Crippen LogP contribution in [0.15, 0.2) is 60.0 Å². The quantitative estimate of drug-likeness (QED) is 0.595. The van der Waals surface area contributed by atoms with Gasteiger partial charge in [-0.1, -0.05) is 48.0 Å². The molecule has 0 saturated carbocycles. The van der Waals surface area contributed by atoms with Crippen molar-refractivity contribution in [2.24, 2.45) is 0 Å². The van der Waals surface area contributed by atoms with Crippen LogP contribution in [0.5, 0.6) is 5.75 Å². The highest BCUT2D eigenvalue weighted by atomic mass is 32.1. The second-order valence-corrected chi connectivity index (χ2v) is 6.28. The van der Waals surface area contributed by atoms with Crippen LogP contribution in [0.3, 0.4) is 0 Å². The summed E-state index contributed by atoms with van der Waals surface area (Å²) in [4.78, 5) is 17.0. The molecule has 0 saturated heterocycles. The Hall–Kier alpha value is -3.19. The van der Waals surface area contributed by atoms with Gasteiger partial charge in [-0.15, -0.1) is 16.4 Å². The average Bonchev–Trinajstić information content (AvgIpc) is 3.16. The van der Waals surface area contributed by atoms with Crippen molar-refractivity contribution in [3.8, 4) is 17.0 Å². The molecule has 1 amide bonds. The van der Waals surface area contributed by atoms with Crippen LogP contribution >= 0.6 is 11.3 Å². The molecule has 2 heterocycles. The zero-order valence-corrected chi connectivity index (χ0v) is 14.2. The van der Waals surface area contributed by atoms with Crippen LogP contribution in [0.2, 0.25) is 0 Å². The number of thiazole rings is 1. The lowest BCUT2D eigenvalue weighted by atomic mass is 10.1. The molecule has 6 nitrogen and oxygen atoms in total. The molecular weight excluding hydrogens is 336 g/mol. The van der Waals surface area contributed by atoms with Gasteiger partial charge in [-0.3, -0.25) is 5.32 Å². The first kappa shape index (κ1) is 15.3. The van der Waals surface area contributed by atoms with E-state index in [1.54, 1.807) is 28.8 Å². The van der Waals surface area contributed by atoms with Crippen LogP contribution in [-0.4, -0.2) is 20.7 Å². The van der Waals surface area contributed by atoms with E-state index in [9.17, 15) is 4.79 Å². The average molecular weight is 350 g/mol. The topological polar surface area (TPSA) is 68.5 Å². The molecule has 2 aromatic heterocycles. The third-order valence-corrected chi connectivity index (χ3v) is 4.41. The van der Waals surface area contributed by atoms with E-state index in [-0.39, 0.29) is 5.95 Å². The molecule has 0 aliphatic heterocycles. The Morgan fingerprint density at radius 2 is 1.88 bits per heavy atom. The number of nitrogens with zero attached hydrogens (tertiary/aromatic N) is 3. The summed E-state index contributed by atoms with van der Waals surface area (Å²) in [5, 5.41) is 8.91. The van der Waals surface area contributed by atoms with E-state index < -0.39 is 6.09 Å². The maximum atomic E-state index is 12.0. The number of carbonyl (C=O) groups excluding carboxylic acids is 1. The van der Waals surface area contributed by atoms with Gasteiger partial charge in [-0.05, 0) is 19.1 Å². The van der Waals surface area contributed by atoms with Gasteiger partial charge in [0.25, 0.3) is 5.95 Å². The van der Waals surface area contributed by atoms with E-state index in [4.69, 9.17) is 4.74 Å². The molecule has 1 N–H and O–H groups in total. The lowest BCUT2D eigenvalue weighted by molar-refractivity contribution is 0.215. The number of amides is 1. The molecule has 0 aliphatic carbocycles. The van der Waals surface area contributed by atoms with Crippen molar-refractivity contribution in [1.29, 1.82) is 0 Å². The second kappa shape index (κ2) is 6.37. The van der Waals surface area contributed by atoms with Crippen molar-refractivity contribution in [2.45, 2.75) is 6.92 Å². The van der Waals surface area contributed by atoms with Gasteiger partial charge in [-0.25, -0.2) is 9.31 Å². The van der Waals surface area contributed by atoms with Crippen molar-refractivity contribution in [3.05, 3.63) is 65.5 Å². The highest BCUT2D eigenvalue weighted by molar-refractivity contribution is 7.15. The number of nitrogens with one attached hydrogen (secondary N) is 1. The molecule has 7 heteroatoms. The van der Waals surface area contributed by atoms with Crippen LogP contribution < -0.4 is 10.1 Å². The molecule has 4 aromatic rings. The Bertz CT molecular complexity index is 1020. The van der Waals surface area contributed by atoms with Crippen LogP contribution in [0.25, 0.3) is 16.2 Å². The standard InChI is InChI=1S/C18H14N4O2S/c1-12-7-9-13(10-8-12)15-11-25-17-19-16(21-22(15)17)20-18(23)24-14-5-3-2-4-6-14/h2-11H,1H3,(H,20,21,23). The Morgan fingerprint density at radius 1 is 1.12 bits per heavy atom. The Kier molecular flexibility index (Phi) is 3.91. The third-order valence-electron chi connectivity index (χ3n) is 3.60. The van der Waals surface area contributed by atoms with E-state index in [0.717, 1.165) is 11.3 Å². The lowest BCUT2D eigenvalue weighted by Gasteiger charge is -2.03. The molecule has 0 spiro atoms. The van der Waals surface area contributed by atoms with Crippen LogP contribution in [0, 0.1) is 6.92 Å². The molecule has 124 valence electrons. The summed E-state index contributed by atoms with van der Waals surface area (Å²) in [6, 6.07) is 17.0. The number of para-hydroxylation sites is 1. The zero-order chi connectivity index (χ0) is 17.2. The minimum absolute atomic E-state index is 0.209. The normalized spacial score (nSPS) is 10.8. The van der Waals surface area contributed by atoms with Gasteiger partial charge in [0.1, 0.15) is 5.75 Å². The Balaban J connectivity index is 1.55. The highest BCUT2D eigenvalue weighted by Crippen LogP contribution is 2.26. The van der Waals surface area contributed by atoms with Crippen LogP contribution in [-0.2, 0) is 0 Å². The van der Waals surface area contributed by atoms with Crippen LogP contribution in [0.4, 0.5) is 10.7 Å². The van der Waals surface area contributed by atoms with E-state index in [1.807, 2.05) is 42.6 Å². The van der Waals surface area contributed by atoms with E-state index >= 15 is 0 Å². The molecule has 2 aromatic carbocycles. The molecule has 0 atom stereocenters. The van der Waals surface area contributed by atoms with Gasteiger partial charge in [0.15, 0.2) is 0 Å². The lowest BCUT2D eigenvalue weighted by Crippen LogP contribution is -2.17. The SMILES string of the molecule is Cc1ccc(-c2csc3nc(NC(=O)Oc4ccccc4)nn23)cc1. The third kappa shape index (κ3) is 3.22. The molecule has 0 unspecified atom stereocenters. The summed E-state index contributed by atoms with van der Waals surface area (Å²) in [6.45, 7) is 2.04. The van der Waals surface area contributed by atoms with Gasteiger partial charge in [-0.2, -0.15) is 4.98 Å². The number of hydrogen-bond acceptors (Lipinski definition) is 5. The number of carbonyl (C=O) groups is 1. The second-order valence-electron chi connectivity index (χ2n) is 5.44. The van der Waals surface area contributed by atoms with Gasteiger partial charge in [0, 0.05) is 10.9 Å². The molecule has 4 rings (SSSR count). The fraction of sp³-hybridized carbons (Fsp3) is 0.0556. The molecular formula is C18H14N4O2S. The summed E-state index contributed by atoms with van der Waals surface area (Å²) >= 11 is 1.46. The summed E-state index contributed by atoms with van der Waals surface area (Å²) in [6.07, 6.45) is -0.624. The zero-order valence-electron chi connectivity index (χ0n) is 13.3. The molecule has 0 bridgehead atoms. The van der Waals surface area contributed by atoms with E-state index in [1.165, 1.54) is 16.9 Å². The monoisotopic (exact) mass is 350 g/mol. The number of aromatic nitrogens is 3. The summed E-state index contributed by atoms with van der Waals surface area (Å²) < 4.78 is 6.90. The molecule has 0 aliphatic rings. The number of aryl methyl sites for hydroxylation is 1. The van der Waals surface area contributed by atoms with Gasteiger partial charge in [0.2, 0.25) is 4.96 Å². The highest BCUT2D eigenvalue weighted by Gasteiger charge is 2.14. The predicted octanol–water partition coefficient (Wildman–Crippen LogP) is 4.38. The van der Waals surface area contributed by atoms with Crippen molar-refractivity contribution in [1.82, 2.24) is 14.6 Å². The number of hydrogen-bond donors (Lipinski definition) is 1.